The second-order valence-corrected chi connectivity index (χ2v) is 5.96. The van der Waals surface area contributed by atoms with Crippen LogP contribution in [-0.4, -0.2) is 31.1 Å². The van der Waals surface area contributed by atoms with Crippen molar-refractivity contribution in [1.82, 2.24) is 4.90 Å². The molecule has 2 rings (SSSR count). The minimum Gasteiger partial charge on any atom is -0.496 e. The van der Waals surface area contributed by atoms with Crippen LogP contribution in [0.15, 0.2) is 18.2 Å². The molecule has 0 spiro atoms. The molecule has 0 heterocycles. The molecule has 1 aliphatic carbocycles. The Labute approximate surface area is 136 Å². The lowest BCUT2D eigenvalue weighted by atomic mass is 9.79. The van der Waals surface area contributed by atoms with E-state index in [1.54, 1.807) is 7.11 Å². The van der Waals surface area contributed by atoms with Gasteiger partial charge in [-0.05, 0) is 50.4 Å². The van der Waals surface area contributed by atoms with E-state index in [0.29, 0.717) is 12.0 Å². The molecule has 0 amide bonds. The third kappa shape index (κ3) is 3.92. The van der Waals surface area contributed by atoms with Gasteiger partial charge in [0.15, 0.2) is 0 Å². The van der Waals surface area contributed by atoms with E-state index in [-0.39, 0.29) is 12.4 Å². The first-order valence-electron chi connectivity index (χ1n) is 8.12. The standard InChI is InChI=1S/C18H29NO.ClH/c1-5-12-19(13-6-2)16-11-10-15-8-7-9-17(20-4)18(15)14(16)3;/h7-9,14,16H,5-6,10-13H2,1-4H3;1H/t14-,16-;/m1./s1. The van der Waals surface area contributed by atoms with Crippen molar-refractivity contribution in [2.24, 2.45) is 0 Å². The van der Waals surface area contributed by atoms with Gasteiger partial charge in [-0.1, -0.05) is 32.9 Å². The van der Waals surface area contributed by atoms with Crippen LogP contribution in [0.5, 0.6) is 5.75 Å². The Kier molecular flexibility index (Phi) is 7.55. The highest BCUT2D eigenvalue weighted by Crippen LogP contribution is 2.39. The van der Waals surface area contributed by atoms with Gasteiger partial charge >= 0.3 is 0 Å². The molecule has 0 N–H and O–H groups in total. The van der Waals surface area contributed by atoms with Gasteiger partial charge in [-0.15, -0.1) is 12.4 Å². The van der Waals surface area contributed by atoms with Crippen LogP contribution in [0.2, 0.25) is 0 Å². The lowest BCUT2D eigenvalue weighted by Crippen LogP contribution is -2.42. The summed E-state index contributed by atoms with van der Waals surface area (Å²) in [6, 6.07) is 7.18. The minimum atomic E-state index is 0. The Bertz CT molecular complexity index is 415. The largest absolute Gasteiger partial charge is 0.496 e. The van der Waals surface area contributed by atoms with E-state index in [1.807, 2.05) is 0 Å². The van der Waals surface area contributed by atoms with Gasteiger partial charge in [0, 0.05) is 17.5 Å². The van der Waals surface area contributed by atoms with Crippen molar-refractivity contribution < 1.29 is 4.74 Å². The number of rotatable bonds is 6. The number of hydrogen-bond donors (Lipinski definition) is 0. The maximum absolute atomic E-state index is 5.61. The van der Waals surface area contributed by atoms with E-state index in [0.717, 1.165) is 5.75 Å². The van der Waals surface area contributed by atoms with Gasteiger partial charge in [-0.2, -0.15) is 0 Å². The quantitative estimate of drug-likeness (QED) is 0.757. The highest BCUT2D eigenvalue weighted by molar-refractivity contribution is 5.85. The number of methoxy groups -OCH3 is 1. The summed E-state index contributed by atoms with van der Waals surface area (Å²) in [5, 5.41) is 0. The molecule has 3 heteroatoms. The van der Waals surface area contributed by atoms with Crippen molar-refractivity contribution in [3.8, 4) is 5.75 Å². The average molecular weight is 312 g/mol. The van der Waals surface area contributed by atoms with Crippen LogP contribution in [0.3, 0.4) is 0 Å². The highest BCUT2D eigenvalue weighted by Gasteiger charge is 2.31. The molecule has 0 saturated heterocycles. The van der Waals surface area contributed by atoms with E-state index in [9.17, 15) is 0 Å². The maximum atomic E-state index is 5.61. The minimum absolute atomic E-state index is 0. The van der Waals surface area contributed by atoms with Gasteiger partial charge in [0.1, 0.15) is 5.75 Å². The van der Waals surface area contributed by atoms with Crippen LogP contribution >= 0.6 is 12.4 Å². The topological polar surface area (TPSA) is 12.5 Å². The van der Waals surface area contributed by atoms with E-state index in [4.69, 9.17) is 4.74 Å². The third-order valence-electron chi connectivity index (χ3n) is 4.61. The lowest BCUT2D eigenvalue weighted by molar-refractivity contribution is 0.157. The molecule has 21 heavy (non-hydrogen) atoms. The number of benzene rings is 1. The predicted molar refractivity (Wildman–Crippen MR) is 92.9 cm³/mol. The fraction of sp³-hybridized carbons (Fsp3) is 0.667. The first-order chi connectivity index (χ1) is 9.72. The van der Waals surface area contributed by atoms with Crippen LogP contribution in [0, 0.1) is 0 Å². The van der Waals surface area contributed by atoms with Crippen LogP contribution in [-0.2, 0) is 6.42 Å². The van der Waals surface area contributed by atoms with E-state index in [2.05, 4.69) is 43.9 Å². The smallest absolute Gasteiger partial charge is 0.122 e. The highest BCUT2D eigenvalue weighted by atomic mass is 35.5. The summed E-state index contributed by atoms with van der Waals surface area (Å²) in [6.07, 6.45) is 4.94. The Hall–Kier alpha value is -0.730. The number of nitrogens with zero attached hydrogens (tertiary/aromatic N) is 1. The third-order valence-corrected chi connectivity index (χ3v) is 4.61. The molecule has 0 aliphatic heterocycles. The van der Waals surface area contributed by atoms with E-state index < -0.39 is 0 Å². The molecule has 1 aromatic rings. The summed E-state index contributed by atoms with van der Waals surface area (Å²) in [4.78, 5) is 2.69. The molecule has 1 aromatic carbocycles. The van der Waals surface area contributed by atoms with E-state index >= 15 is 0 Å². The zero-order chi connectivity index (χ0) is 14.5. The monoisotopic (exact) mass is 311 g/mol. The second kappa shape index (κ2) is 8.65. The fourth-order valence-corrected chi connectivity index (χ4v) is 3.76. The van der Waals surface area contributed by atoms with Gasteiger partial charge in [-0.3, -0.25) is 4.90 Å². The van der Waals surface area contributed by atoms with Crippen LogP contribution in [0.25, 0.3) is 0 Å². The molecule has 0 bridgehead atoms. The van der Waals surface area contributed by atoms with Crippen molar-refractivity contribution in [2.75, 3.05) is 20.2 Å². The summed E-state index contributed by atoms with van der Waals surface area (Å²) in [5.41, 5.74) is 2.93. The molecule has 0 aromatic heterocycles. The molecule has 2 atom stereocenters. The maximum Gasteiger partial charge on any atom is 0.122 e. The molecule has 2 nitrogen and oxygen atoms in total. The number of halogens is 1. The summed E-state index contributed by atoms with van der Waals surface area (Å²) >= 11 is 0. The Morgan fingerprint density at radius 3 is 2.43 bits per heavy atom. The molecular weight excluding hydrogens is 282 g/mol. The van der Waals surface area contributed by atoms with Gasteiger partial charge < -0.3 is 4.74 Å². The Balaban J connectivity index is 0.00000220. The van der Waals surface area contributed by atoms with Crippen LogP contribution < -0.4 is 4.74 Å². The van der Waals surface area contributed by atoms with Gasteiger partial charge in [0.2, 0.25) is 0 Å². The summed E-state index contributed by atoms with van der Waals surface area (Å²) in [5.74, 6) is 1.64. The van der Waals surface area contributed by atoms with Gasteiger partial charge in [0.05, 0.1) is 7.11 Å². The van der Waals surface area contributed by atoms with Crippen molar-refractivity contribution >= 4 is 12.4 Å². The average Bonchev–Trinajstić information content (AvgIpc) is 2.47. The number of hydrogen-bond acceptors (Lipinski definition) is 2. The number of ether oxygens (including phenoxy) is 1. The van der Waals surface area contributed by atoms with Gasteiger partial charge in [-0.25, -0.2) is 0 Å². The van der Waals surface area contributed by atoms with Crippen molar-refractivity contribution in [3.63, 3.8) is 0 Å². The molecule has 0 radical (unpaired) electrons. The summed E-state index contributed by atoms with van der Waals surface area (Å²) in [6.45, 7) is 9.37. The SMILES string of the molecule is CCCN(CCC)[C@@H]1CCc2cccc(OC)c2[C@@H]1C.Cl. The predicted octanol–water partition coefficient (Wildman–Crippen LogP) is 4.66. The van der Waals surface area contributed by atoms with E-state index in [1.165, 1.54) is 49.9 Å². The van der Waals surface area contributed by atoms with Crippen LogP contribution in [0.4, 0.5) is 0 Å². The molecule has 120 valence electrons. The molecule has 0 saturated carbocycles. The first-order valence-corrected chi connectivity index (χ1v) is 8.12. The normalized spacial score (nSPS) is 20.8. The second-order valence-electron chi connectivity index (χ2n) is 5.96. The molecule has 0 unspecified atom stereocenters. The lowest BCUT2D eigenvalue weighted by Gasteiger charge is -2.40. The van der Waals surface area contributed by atoms with Crippen molar-refractivity contribution in [3.05, 3.63) is 29.3 Å². The van der Waals surface area contributed by atoms with Crippen molar-refractivity contribution in [2.45, 2.75) is 58.4 Å². The summed E-state index contributed by atoms with van der Waals surface area (Å²) < 4.78 is 5.61. The molecule has 1 aliphatic rings. The Morgan fingerprint density at radius 1 is 1.19 bits per heavy atom. The number of aryl methyl sites for hydroxylation is 1. The van der Waals surface area contributed by atoms with Gasteiger partial charge in [0.25, 0.3) is 0 Å². The zero-order valence-electron chi connectivity index (χ0n) is 13.9. The fourth-order valence-electron chi connectivity index (χ4n) is 3.76. The molecule has 0 fully saturated rings. The number of fused-ring (bicyclic) bond motifs is 1. The molecular formula is C18H30ClNO. The zero-order valence-corrected chi connectivity index (χ0v) is 14.7. The Morgan fingerprint density at radius 2 is 1.86 bits per heavy atom. The van der Waals surface area contributed by atoms with Crippen molar-refractivity contribution in [1.29, 1.82) is 0 Å². The van der Waals surface area contributed by atoms with Crippen LogP contribution in [0.1, 0.15) is 57.1 Å². The first kappa shape index (κ1) is 18.3. The summed E-state index contributed by atoms with van der Waals surface area (Å²) in [7, 11) is 1.79.